The molecule has 0 amide bonds. The van der Waals surface area contributed by atoms with Crippen molar-refractivity contribution >= 4 is 5.97 Å². The second kappa shape index (κ2) is 4.13. The van der Waals surface area contributed by atoms with Crippen molar-refractivity contribution in [3.8, 4) is 0 Å². The smallest absolute Gasteiger partial charge is 0.361 e. The Balaban J connectivity index is 3.02. The molecule has 1 heterocycles. The van der Waals surface area contributed by atoms with Gasteiger partial charge in [-0.3, -0.25) is 0 Å². The highest BCUT2D eigenvalue weighted by atomic mass is 16.6. The van der Waals surface area contributed by atoms with Gasteiger partial charge >= 0.3 is 5.97 Å². The Bertz CT molecular complexity index is 422. The predicted molar refractivity (Wildman–Crippen MR) is 64.9 cm³/mol. The van der Waals surface area contributed by atoms with Crippen molar-refractivity contribution in [1.29, 1.82) is 0 Å². The maximum absolute atomic E-state index is 11.9. The summed E-state index contributed by atoms with van der Waals surface area (Å²) in [6.45, 7) is 13.3. The number of hydrogen-bond donors (Lipinski definition) is 0. The minimum Gasteiger partial charge on any atom is -0.455 e. The van der Waals surface area contributed by atoms with E-state index < -0.39 is 11.6 Å². The molecule has 0 saturated carbocycles. The van der Waals surface area contributed by atoms with Crippen molar-refractivity contribution in [2.75, 3.05) is 0 Å². The molecule has 0 N–H and O–H groups in total. The highest BCUT2D eigenvalue weighted by Gasteiger charge is 2.26. The number of aromatic nitrogens is 3. The second-order valence-corrected chi connectivity index (χ2v) is 6.11. The molecule has 0 aliphatic heterocycles. The van der Waals surface area contributed by atoms with Crippen LogP contribution in [0.15, 0.2) is 0 Å². The van der Waals surface area contributed by atoms with E-state index in [2.05, 4.69) is 10.3 Å². The lowest BCUT2D eigenvalue weighted by Crippen LogP contribution is -2.26. The Kier molecular flexibility index (Phi) is 3.32. The van der Waals surface area contributed by atoms with Crippen LogP contribution >= 0.6 is 0 Å². The monoisotopic (exact) mass is 239 g/mol. The van der Waals surface area contributed by atoms with Gasteiger partial charge in [-0.15, -0.1) is 5.10 Å². The number of nitrogens with zero attached hydrogens (tertiary/aromatic N) is 3. The van der Waals surface area contributed by atoms with E-state index >= 15 is 0 Å². The third-order valence-corrected chi connectivity index (χ3v) is 2.12. The van der Waals surface area contributed by atoms with Crippen LogP contribution in [0.3, 0.4) is 0 Å². The van der Waals surface area contributed by atoms with Crippen LogP contribution in [-0.2, 0) is 10.3 Å². The van der Waals surface area contributed by atoms with E-state index in [-0.39, 0.29) is 11.2 Å². The van der Waals surface area contributed by atoms with Crippen molar-refractivity contribution in [1.82, 2.24) is 15.0 Å². The van der Waals surface area contributed by atoms with Crippen LogP contribution in [0.5, 0.6) is 0 Å². The van der Waals surface area contributed by atoms with Gasteiger partial charge in [0.15, 0.2) is 5.69 Å². The summed E-state index contributed by atoms with van der Waals surface area (Å²) in [6.07, 6.45) is 0. The molecule has 1 rings (SSSR count). The molecule has 5 nitrogen and oxygen atoms in total. The summed E-state index contributed by atoms with van der Waals surface area (Å²) < 4.78 is 7.00. The Morgan fingerprint density at radius 2 is 1.71 bits per heavy atom. The van der Waals surface area contributed by atoms with Crippen molar-refractivity contribution in [2.45, 2.75) is 59.6 Å². The quantitative estimate of drug-likeness (QED) is 0.705. The van der Waals surface area contributed by atoms with Crippen molar-refractivity contribution in [3.05, 3.63) is 11.4 Å². The first-order valence-corrected chi connectivity index (χ1v) is 5.68. The zero-order valence-electron chi connectivity index (χ0n) is 11.7. The van der Waals surface area contributed by atoms with Crippen LogP contribution in [0.2, 0.25) is 0 Å². The Hall–Kier alpha value is -1.39. The lowest BCUT2D eigenvalue weighted by Gasteiger charge is -2.21. The van der Waals surface area contributed by atoms with Crippen molar-refractivity contribution < 1.29 is 9.53 Å². The van der Waals surface area contributed by atoms with Gasteiger partial charge in [0.05, 0.1) is 11.2 Å². The maximum Gasteiger partial charge on any atom is 0.361 e. The van der Waals surface area contributed by atoms with Crippen LogP contribution in [0.4, 0.5) is 0 Å². The van der Waals surface area contributed by atoms with E-state index in [0.29, 0.717) is 0 Å². The maximum atomic E-state index is 11.9. The highest BCUT2D eigenvalue weighted by molar-refractivity contribution is 5.88. The molecule has 0 radical (unpaired) electrons. The Labute approximate surface area is 102 Å². The summed E-state index contributed by atoms with van der Waals surface area (Å²) in [6, 6.07) is 0. The summed E-state index contributed by atoms with van der Waals surface area (Å²) >= 11 is 0. The number of carbonyl (C=O) groups excluding carboxylic acids is 1. The minimum atomic E-state index is -0.519. The molecule has 0 fully saturated rings. The fourth-order valence-corrected chi connectivity index (χ4v) is 1.48. The molecule has 1 aromatic heterocycles. The summed E-state index contributed by atoms with van der Waals surface area (Å²) in [7, 11) is 0. The van der Waals surface area contributed by atoms with E-state index in [1.54, 1.807) is 4.68 Å². The van der Waals surface area contributed by atoms with Crippen LogP contribution in [-0.4, -0.2) is 26.6 Å². The number of hydrogen-bond acceptors (Lipinski definition) is 4. The first kappa shape index (κ1) is 13.7. The largest absolute Gasteiger partial charge is 0.455 e. The first-order valence-electron chi connectivity index (χ1n) is 5.68. The van der Waals surface area contributed by atoms with Crippen molar-refractivity contribution in [2.24, 2.45) is 0 Å². The predicted octanol–water partition coefficient (Wildman–Crippen LogP) is 2.30. The summed E-state index contributed by atoms with van der Waals surface area (Å²) in [5.41, 5.74) is 0.299. The third kappa shape index (κ3) is 3.28. The fraction of sp³-hybridized carbons (Fsp3) is 0.750. The van der Waals surface area contributed by atoms with Gasteiger partial charge in [0.25, 0.3) is 0 Å². The van der Waals surface area contributed by atoms with Crippen LogP contribution < -0.4 is 0 Å². The molecule has 0 aliphatic carbocycles. The van der Waals surface area contributed by atoms with E-state index in [9.17, 15) is 4.79 Å². The number of ether oxygens (including phenoxy) is 1. The molecular formula is C12H21N3O2. The van der Waals surface area contributed by atoms with Crippen molar-refractivity contribution in [3.63, 3.8) is 0 Å². The van der Waals surface area contributed by atoms with E-state index in [4.69, 9.17) is 4.74 Å². The van der Waals surface area contributed by atoms with E-state index in [1.807, 2.05) is 48.5 Å². The van der Waals surface area contributed by atoms with Gasteiger partial charge in [0.1, 0.15) is 5.60 Å². The lowest BCUT2D eigenvalue weighted by molar-refractivity contribution is 0.00618. The van der Waals surface area contributed by atoms with Crippen LogP contribution in [0.25, 0.3) is 0 Å². The zero-order chi connectivity index (χ0) is 13.4. The first-order chi connectivity index (χ1) is 7.52. The van der Waals surface area contributed by atoms with Gasteiger partial charge in [0, 0.05) is 0 Å². The average molecular weight is 239 g/mol. The molecule has 17 heavy (non-hydrogen) atoms. The molecule has 0 bridgehead atoms. The number of esters is 1. The zero-order valence-corrected chi connectivity index (χ0v) is 11.7. The molecule has 0 unspecified atom stereocenters. The SMILES string of the molecule is Cc1c(C(=O)OC(C)(C)C)nnn1C(C)(C)C. The standard InChI is InChI=1S/C12H21N3O2/c1-8-9(10(16)17-12(5,6)7)13-14-15(8)11(2,3)4/h1-7H3. The van der Waals surface area contributed by atoms with Gasteiger partial charge in [-0.1, -0.05) is 5.21 Å². The molecule has 0 saturated heterocycles. The van der Waals surface area contributed by atoms with E-state index in [0.717, 1.165) is 5.69 Å². The highest BCUT2D eigenvalue weighted by Crippen LogP contribution is 2.18. The van der Waals surface area contributed by atoms with Gasteiger partial charge in [-0.25, -0.2) is 9.48 Å². The molecule has 0 aromatic carbocycles. The topological polar surface area (TPSA) is 57.0 Å². The molecule has 1 aromatic rings. The molecular weight excluding hydrogens is 218 g/mol. The normalized spacial score (nSPS) is 12.6. The molecule has 0 spiro atoms. The summed E-state index contributed by atoms with van der Waals surface area (Å²) in [5, 5.41) is 7.91. The van der Waals surface area contributed by atoms with Gasteiger partial charge < -0.3 is 4.74 Å². The number of carbonyl (C=O) groups is 1. The van der Waals surface area contributed by atoms with E-state index in [1.165, 1.54) is 0 Å². The van der Waals surface area contributed by atoms with Gasteiger partial charge in [-0.05, 0) is 48.5 Å². The molecule has 96 valence electrons. The summed E-state index contributed by atoms with van der Waals surface area (Å²) in [4.78, 5) is 11.9. The molecule has 5 heteroatoms. The van der Waals surface area contributed by atoms with Crippen LogP contribution in [0.1, 0.15) is 57.7 Å². The third-order valence-electron chi connectivity index (χ3n) is 2.12. The minimum absolute atomic E-state index is 0.197. The van der Waals surface area contributed by atoms with Gasteiger partial charge in [0.2, 0.25) is 0 Å². The Morgan fingerprint density at radius 1 is 1.18 bits per heavy atom. The van der Waals surface area contributed by atoms with Gasteiger partial charge in [-0.2, -0.15) is 0 Å². The number of rotatable bonds is 1. The Morgan fingerprint density at radius 3 is 2.06 bits per heavy atom. The molecule has 0 atom stereocenters. The second-order valence-electron chi connectivity index (χ2n) is 6.11. The van der Waals surface area contributed by atoms with Crippen LogP contribution in [0, 0.1) is 6.92 Å². The summed E-state index contributed by atoms with van der Waals surface area (Å²) in [5.74, 6) is -0.425. The average Bonchev–Trinajstić information content (AvgIpc) is 2.42. The lowest BCUT2D eigenvalue weighted by atomic mass is 10.1. The fourth-order valence-electron chi connectivity index (χ4n) is 1.48. The molecule has 0 aliphatic rings.